The number of hydrogen-bond acceptors (Lipinski definition) is 3. The Labute approximate surface area is 78.6 Å². The minimum atomic E-state index is 0.848. The van der Waals surface area contributed by atoms with Gasteiger partial charge in [0, 0.05) is 25.1 Å². The first-order chi connectivity index (χ1) is 6.45. The predicted molar refractivity (Wildman–Crippen MR) is 51.1 cm³/mol. The van der Waals surface area contributed by atoms with E-state index in [0.717, 1.165) is 24.7 Å². The summed E-state index contributed by atoms with van der Waals surface area (Å²) in [4.78, 5) is 8.19. The van der Waals surface area contributed by atoms with Crippen molar-refractivity contribution < 1.29 is 0 Å². The molecule has 0 saturated heterocycles. The van der Waals surface area contributed by atoms with Crippen molar-refractivity contribution >= 4 is 0 Å². The summed E-state index contributed by atoms with van der Waals surface area (Å²) < 4.78 is 0. The predicted octanol–water partition coefficient (Wildman–Crippen LogP) is 1.37. The van der Waals surface area contributed by atoms with E-state index in [9.17, 15) is 0 Å². The van der Waals surface area contributed by atoms with E-state index in [1.165, 1.54) is 19.3 Å². The van der Waals surface area contributed by atoms with Crippen molar-refractivity contribution in [2.24, 2.45) is 5.92 Å². The molecule has 0 spiro atoms. The maximum Gasteiger partial charge on any atom is 0.0724 e. The number of aromatic nitrogens is 2. The molecule has 0 amide bonds. The molecular formula is C10H15N3. The Kier molecular flexibility index (Phi) is 2.87. The lowest BCUT2D eigenvalue weighted by atomic mass is 10.3. The summed E-state index contributed by atoms with van der Waals surface area (Å²) in [6.07, 6.45) is 9.44. The molecule has 1 aromatic rings. The smallest absolute Gasteiger partial charge is 0.0724 e. The first kappa shape index (κ1) is 8.63. The summed E-state index contributed by atoms with van der Waals surface area (Å²) in [5.41, 5.74) is 1.03. The van der Waals surface area contributed by atoms with Crippen molar-refractivity contribution in [3.8, 4) is 0 Å². The fourth-order valence-electron chi connectivity index (χ4n) is 1.35. The third kappa shape index (κ3) is 3.11. The third-order valence-electron chi connectivity index (χ3n) is 2.35. The molecule has 13 heavy (non-hydrogen) atoms. The van der Waals surface area contributed by atoms with Crippen LogP contribution < -0.4 is 5.32 Å². The van der Waals surface area contributed by atoms with Crippen LogP contribution in [0.15, 0.2) is 18.6 Å². The molecule has 3 heteroatoms. The molecule has 0 bridgehead atoms. The highest BCUT2D eigenvalue weighted by atomic mass is 14.9. The van der Waals surface area contributed by atoms with Crippen molar-refractivity contribution in [2.45, 2.75) is 25.8 Å². The van der Waals surface area contributed by atoms with Gasteiger partial charge in [0.1, 0.15) is 0 Å². The monoisotopic (exact) mass is 177 g/mol. The summed E-state index contributed by atoms with van der Waals surface area (Å²) in [5, 5.41) is 3.37. The Morgan fingerprint density at radius 1 is 1.38 bits per heavy atom. The SMILES string of the molecule is c1cnc(CNCCC2CC2)cn1. The van der Waals surface area contributed by atoms with Gasteiger partial charge in [0.25, 0.3) is 0 Å². The number of nitrogens with zero attached hydrogens (tertiary/aromatic N) is 2. The molecule has 0 radical (unpaired) electrons. The van der Waals surface area contributed by atoms with Gasteiger partial charge in [-0.1, -0.05) is 12.8 Å². The number of hydrogen-bond donors (Lipinski definition) is 1. The highest BCUT2D eigenvalue weighted by molar-refractivity contribution is 4.93. The van der Waals surface area contributed by atoms with Crippen LogP contribution in [0.25, 0.3) is 0 Å². The van der Waals surface area contributed by atoms with E-state index in [0.29, 0.717) is 0 Å². The summed E-state index contributed by atoms with van der Waals surface area (Å²) in [5.74, 6) is 1.01. The van der Waals surface area contributed by atoms with Gasteiger partial charge < -0.3 is 5.32 Å². The zero-order chi connectivity index (χ0) is 8.93. The topological polar surface area (TPSA) is 37.8 Å². The molecule has 0 aromatic carbocycles. The van der Waals surface area contributed by atoms with Crippen molar-refractivity contribution in [3.63, 3.8) is 0 Å². The van der Waals surface area contributed by atoms with E-state index in [1.54, 1.807) is 12.4 Å². The van der Waals surface area contributed by atoms with Crippen LogP contribution in [0.4, 0.5) is 0 Å². The van der Waals surface area contributed by atoms with Gasteiger partial charge in [0.15, 0.2) is 0 Å². The van der Waals surface area contributed by atoms with Crippen LogP contribution in [0.3, 0.4) is 0 Å². The normalized spacial score (nSPS) is 16.0. The molecule has 1 N–H and O–H groups in total. The Hall–Kier alpha value is -0.960. The van der Waals surface area contributed by atoms with Gasteiger partial charge in [-0.25, -0.2) is 0 Å². The van der Waals surface area contributed by atoms with Crippen LogP contribution >= 0.6 is 0 Å². The maximum absolute atomic E-state index is 4.19. The minimum absolute atomic E-state index is 0.848. The lowest BCUT2D eigenvalue weighted by Crippen LogP contribution is -2.16. The largest absolute Gasteiger partial charge is 0.311 e. The fourth-order valence-corrected chi connectivity index (χ4v) is 1.35. The molecule has 70 valence electrons. The highest BCUT2D eigenvalue weighted by Crippen LogP contribution is 2.31. The van der Waals surface area contributed by atoms with Crippen molar-refractivity contribution in [1.82, 2.24) is 15.3 Å². The van der Waals surface area contributed by atoms with E-state index >= 15 is 0 Å². The van der Waals surface area contributed by atoms with Gasteiger partial charge in [-0.15, -0.1) is 0 Å². The summed E-state index contributed by atoms with van der Waals surface area (Å²) in [6.45, 7) is 1.96. The molecule has 1 aliphatic carbocycles. The van der Waals surface area contributed by atoms with Gasteiger partial charge in [-0.3, -0.25) is 9.97 Å². The zero-order valence-electron chi connectivity index (χ0n) is 7.74. The van der Waals surface area contributed by atoms with Crippen LogP contribution in [-0.2, 0) is 6.54 Å². The van der Waals surface area contributed by atoms with Crippen LogP contribution in [0.2, 0.25) is 0 Å². The molecule has 1 saturated carbocycles. The molecule has 2 rings (SSSR count). The lowest BCUT2D eigenvalue weighted by Gasteiger charge is -2.02. The van der Waals surface area contributed by atoms with Crippen LogP contribution in [0.5, 0.6) is 0 Å². The second kappa shape index (κ2) is 4.33. The standard InChI is InChI=1S/C10H15N3/c1-2-9(1)3-4-11-7-10-8-12-5-6-13-10/h5-6,8-9,11H,1-4,7H2. The second-order valence-electron chi connectivity index (χ2n) is 3.61. The summed E-state index contributed by atoms with van der Waals surface area (Å²) in [6, 6.07) is 0. The Balaban J connectivity index is 1.61. The molecule has 0 unspecified atom stereocenters. The molecule has 1 aromatic heterocycles. The first-order valence-corrected chi connectivity index (χ1v) is 4.91. The van der Waals surface area contributed by atoms with E-state index in [-0.39, 0.29) is 0 Å². The Morgan fingerprint density at radius 3 is 3.00 bits per heavy atom. The molecule has 1 fully saturated rings. The first-order valence-electron chi connectivity index (χ1n) is 4.91. The molecule has 3 nitrogen and oxygen atoms in total. The van der Waals surface area contributed by atoms with Gasteiger partial charge in [-0.2, -0.15) is 0 Å². The minimum Gasteiger partial charge on any atom is -0.311 e. The van der Waals surface area contributed by atoms with Gasteiger partial charge >= 0.3 is 0 Å². The molecule has 0 aliphatic heterocycles. The van der Waals surface area contributed by atoms with E-state index in [2.05, 4.69) is 15.3 Å². The van der Waals surface area contributed by atoms with Gasteiger partial charge in [0.05, 0.1) is 5.69 Å². The van der Waals surface area contributed by atoms with E-state index in [4.69, 9.17) is 0 Å². The molecule has 1 aliphatic rings. The van der Waals surface area contributed by atoms with Gasteiger partial charge in [0.2, 0.25) is 0 Å². The molecule has 0 atom stereocenters. The molecular weight excluding hydrogens is 162 g/mol. The average molecular weight is 177 g/mol. The summed E-state index contributed by atoms with van der Waals surface area (Å²) in [7, 11) is 0. The number of rotatable bonds is 5. The van der Waals surface area contributed by atoms with Gasteiger partial charge in [-0.05, 0) is 18.9 Å². The van der Waals surface area contributed by atoms with E-state index < -0.39 is 0 Å². The lowest BCUT2D eigenvalue weighted by molar-refractivity contribution is 0.605. The third-order valence-corrected chi connectivity index (χ3v) is 2.35. The van der Waals surface area contributed by atoms with Crippen LogP contribution in [0, 0.1) is 5.92 Å². The van der Waals surface area contributed by atoms with Crippen molar-refractivity contribution in [2.75, 3.05) is 6.54 Å². The maximum atomic E-state index is 4.19. The van der Waals surface area contributed by atoms with E-state index in [1.807, 2.05) is 6.20 Å². The average Bonchev–Trinajstić information content (AvgIpc) is 2.98. The molecule has 1 heterocycles. The zero-order valence-corrected chi connectivity index (χ0v) is 7.74. The quantitative estimate of drug-likeness (QED) is 0.690. The highest BCUT2D eigenvalue weighted by Gasteiger charge is 2.19. The Bertz CT molecular complexity index is 244. The summed E-state index contributed by atoms with van der Waals surface area (Å²) >= 11 is 0. The fraction of sp³-hybridized carbons (Fsp3) is 0.600. The van der Waals surface area contributed by atoms with Crippen molar-refractivity contribution in [3.05, 3.63) is 24.3 Å². The van der Waals surface area contributed by atoms with Crippen LogP contribution in [-0.4, -0.2) is 16.5 Å². The second-order valence-corrected chi connectivity index (χ2v) is 3.61. The van der Waals surface area contributed by atoms with Crippen LogP contribution in [0.1, 0.15) is 25.0 Å². The number of nitrogens with one attached hydrogen (secondary N) is 1. The Morgan fingerprint density at radius 2 is 2.31 bits per heavy atom. The van der Waals surface area contributed by atoms with Crippen molar-refractivity contribution in [1.29, 1.82) is 0 Å².